The highest BCUT2D eigenvalue weighted by molar-refractivity contribution is 7.99. The van der Waals surface area contributed by atoms with Gasteiger partial charge in [0.05, 0.1) is 11.5 Å². The Morgan fingerprint density at radius 2 is 1.79 bits per heavy atom. The Balaban J connectivity index is 1.80. The molecule has 2 aliphatic heterocycles. The third-order valence-corrected chi connectivity index (χ3v) is 5.74. The van der Waals surface area contributed by atoms with Gasteiger partial charge in [0.1, 0.15) is 0 Å². The molecule has 0 radical (unpaired) electrons. The number of nitrogens with one attached hydrogen (secondary N) is 1. The van der Waals surface area contributed by atoms with Crippen LogP contribution < -0.4 is 5.32 Å². The first-order valence-corrected chi connectivity index (χ1v) is 8.17. The van der Waals surface area contributed by atoms with Gasteiger partial charge in [-0.25, -0.2) is 8.42 Å². The topological polar surface area (TPSA) is 46.2 Å². The quantitative estimate of drug-likeness (QED) is 0.764. The fraction of sp³-hybridized carbons (Fsp3) is 1.00. The lowest BCUT2D eigenvalue weighted by Gasteiger charge is -2.25. The maximum absolute atomic E-state index is 11.2. The predicted octanol–water partition coefficient (Wildman–Crippen LogP) is 0.659. The van der Waals surface area contributed by atoms with E-state index in [4.69, 9.17) is 0 Å². The van der Waals surface area contributed by atoms with Crippen molar-refractivity contribution in [3.63, 3.8) is 0 Å². The first-order valence-electron chi connectivity index (χ1n) is 5.20. The minimum atomic E-state index is -2.71. The van der Waals surface area contributed by atoms with E-state index in [1.165, 1.54) is 24.3 Å². The summed E-state index contributed by atoms with van der Waals surface area (Å²) in [5.74, 6) is 3.18. The number of hydrogen-bond donors (Lipinski definition) is 1. The molecule has 0 aromatic rings. The van der Waals surface area contributed by atoms with Crippen LogP contribution >= 0.6 is 11.8 Å². The Morgan fingerprint density at radius 1 is 1.07 bits per heavy atom. The molecule has 0 amide bonds. The molecule has 2 heterocycles. The van der Waals surface area contributed by atoms with E-state index in [2.05, 4.69) is 5.32 Å². The average molecular weight is 235 g/mol. The Kier molecular flexibility index (Phi) is 3.39. The molecule has 1 unspecified atom stereocenters. The van der Waals surface area contributed by atoms with Crippen LogP contribution in [0.4, 0.5) is 0 Å². The van der Waals surface area contributed by atoms with Crippen molar-refractivity contribution in [2.24, 2.45) is 0 Å². The first-order chi connectivity index (χ1) is 6.66. The second-order valence-electron chi connectivity index (χ2n) is 4.15. The second kappa shape index (κ2) is 4.41. The van der Waals surface area contributed by atoms with E-state index in [1.54, 1.807) is 0 Å². The number of thioether (sulfide) groups is 1. The van der Waals surface area contributed by atoms with Crippen LogP contribution in [0.2, 0.25) is 0 Å². The van der Waals surface area contributed by atoms with Crippen molar-refractivity contribution in [1.29, 1.82) is 0 Å². The van der Waals surface area contributed by atoms with E-state index in [1.807, 2.05) is 11.8 Å². The van der Waals surface area contributed by atoms with Gasteiger partial charge in [0.25, 0.3) is 0 Å². The van der Waals surface area contributed by atoms with Crippen LogP contribution in [-0.2, 0) is 9.84 Å². The van der Waals surface area contributed by atoms with Crippen LogP contribution in [0.5, 0.6) is 0 Å². The van der Waals surface area contributed by atoms with Crippen LogP contribution in [0.15, 0.2) is 0 Å². The highest BCUT2D eigenvalue weighted by atomic mass is 32.2. The monoisotopic (exact) mass is 235 g/mol. The van der Waals surface area contributed by atoms with E-state index in [9.17, 15) is 8.42 Å². The lowest BCUT2D eigenvalue weighted by atomic mass is 10.1. The number of rotatable bonds is 2. The van der Waals surface area contributed by atoms with Gasteiger partial charge in [-0.05, 0) is 30.8 Å². The third-order valence-electron chi connectivity index (χ3n) is 2.93. The van der Waals surface area contributed by atoms with Gasteiger partial charge >= 0.3 is 0 Å². The first kappa shape index (κ1) is 10.8. The molecule has 2 aliphatic rings. The molecule has 0 aromatic heterocycles. The Labute approximate surface area is 89.9 Å². The maximum Gasteiger partial charge on any atom is 0.151 e. The smallest absolute Gasteiger partial charge is 0.151 e. The van der Waals surface area contributed by atoms with Crippen molar-refractivity contribution >= 4 is 21.6 Å². The second-order valence-corrected chi connectivity index (χ2v) is 7.61. The zero-order valence-electron chi connectivity index (χ0n) is 8.24. The molecule has 2 saturated heterocycles. The molecule has 3 nitrogen and oxygen atoms in total. The van der Waals surface area contributed by atoms with Crippen molar-refractivity contribution in [2.45, 2.75) is 31.3 Å². The molecule has 5 heteroatoms. The lowest BCUT2D eigenvalue weighted by molar-refractivity contribution is 0.426. The highest BCUT2D eigenvalue weighted by Gasteiger charge is 2.29. The van der Waals surface area contributed by atoms with Gasteiger partial charge < -0.3 is 5.32 Å². The molecule has 2 fully saturated rings. The van der Waals surface area contributed by atoms with E-state index in [0.29, 0.717) is 17.5 Å². The molecular formula is C9H17NO2S2. The van der Waals surface area contributed by atoms with E-state index >= 15 is 0 Å². The summed E-state index contributed by atoms with van der Waals surface area (Å²) in [4.78, 5) is 0. The van der Waals surface area contributed by atoms with Gasteiger partial charge in [0.15, 0.2) is 9.84 Å². The maximum atomic E-state index is 11.2. The fourth-order valence-electron chi connectivity index (χ4n) is 2.12. The SMILES string of the molecule is O=S1(=O)CCC(NC2CCSCC2)C1. The molecular weight excluding hydrogens is 218 g/mol. The Morgan fingerprint density at radius 3 is 2.36 bits per heavy atom. The van der Waals surface area contributed by atoms with Crippen LogP contribution in [0.3, 0.4) is 0 Å². The molecule has 2 rings (SSSR count). The normalized spacial score (nSPS) is 33.3. The van der Waals surface area contributed by atoms with Crippen molar-refractivity contribution < 1.29 is 8.42 Å². The summed E-state index contributed by atoms with van der Waals surface area (Å²) in [6, 6.07) is 0.794. The molecule has 0 saturated carbocycles. The van der Waals surface area contributed by atoms with Crippen molar-refractivity contribution in [1.82, 2.24) is 5.32 Å². The Bertz CT molecular complexity index is 283. The zero-order valence-corrected chi connectivity index (χ0v) is 9.87. The molecule has 14 heavy (non-hydrogen) atoms. The summed E-state index contributed by atoms with van der Waals surface area (Å²) in [6.45, 7) is 0. The minimum absolute atomic E-state index is 0.230. The van der Waals surface area contributed by atoms with Crippen LogP contribution in [0.1, 0.15) is 19.3 Å². The van der Waals surface area contributed by atoms with Crippen molar-refractivity contribution in [3.05, 3.63) is 0 Å². The van der Waals surface area contributed by atoms with E-state index < -0.39 is 9.84 Å². The van der Waals surface area contributed by atoms with Gasteiger partial charge in [-0.1, -0.05) is 0 Å². The number of sulfone groups is 1. The van der Waals surface area contributed by atoms with Crippen molar-refractivity contribution in [2.75, 3.05) is 23.0 Å². The zero-order chi connectivity index (χ0) is 10.0. The highest BCUT2D eigenvalue weighted by Crippen LogP contribution is 2.19. The summed E-state index contributed by atoms with van der Waals surface area (Å²) in [5, 5.41) is 3.48. The average Bonchev–Trinajstić information content (AvgIpc) is 2.47. The van der Waals surface area contributed by atoms with Gasteiger partial charge in [0.2, 0.25) is 0 Å². The van der Waals surface area contributed by atoms with E-state index in [0.717, 1.165) is 6.42 Å². The molecule has 0 aliphatic carbocycles. The lowest BCUT2D eigenvalue weighted by Crippen LogP contribution is -2.40. The summed E-state index contributed by atoms with van der Waals surface area (Å²) in [5.41, 5.74) is 0. The van der Waals surface area contributed by atoms with Gasteiger partial charge in [-0.2, -0.15) is 11.8 Å². The van der Waals surface area contributed by atoms with Gasteiger partial charge in [0, 0.05) is 12.1 Å². The number of hydrogen-bond acceptors (Lipinski definition) is 4. The standard InChI is InChI=1S/C9H17NO2S2/c11-14(12)6-3-9(7-14)10-8-1-4-13-5-2-8/h8-10H,1-7H2. The fourth-order valence-corrected chi connectivity index (χ4v) is 4.92. The van der Waals surface area contributed by atoms with E-state index in [-0.39, 0.29) is 6.04 Å². The van der Waals surface area contributed by atoms with Crippen molar-refractivity contribution in [3.8, 4) is 0 Å². The molecule has 0 aromatic carbocycles. The minimum Gasteiger partial charge on any atom is -0.310 e. The summed E-state index contributed by atoms with van der Waals surface area (Å²) in [6.07, 6.45) is 3.20. The van der Waals surface area contributed by atoms with Gasteiger partial charge in [-0.3, -0.25) is 0 Å². The summed E-state index contributed by atoms with van der Waals surface area (Å²) >= 11 is 2.00. The molecule has 1 atom stereocenters. The third kappa shape index (κ3) is 2.87. The Hall–Kier alpha value is 0.260. The molecule has 1 N–H and O–H groups in total. The summed E-state index contributed by atoms with van der Waals surface area (Å²) in [7, 11) is -2.71. The molecule has 0 bridgehead atoms. The van der Waals surface area contributed by atoms with Gasteiger partial charge in [-0.15, -0.1) is 0 Å². The summed E-state index contributed by atoms with van der Waals surface area (Å²) < 4.78 is 22.5. The van der Waals surface area contributed by atoms with Crippen LogP contribution in [-0.4, -0.2) is 43.5 Å². The van der Waals surface area contributed by atoms with Crippen LogP contribution in [0.25, 0.3) is 0 Å². The van der Waals surface area contributed by atoms with Crippen LogP contribution in [0, 0.1) is 0 Å². The predicted molar refractivity (Wildman–Crippen MR) is 60.5 cm³/mol. The largest absolute Gasteiger partial charge is 0.310 e. The molecule has 82 valence electrons. The molecule has 0 spiro atoms.